The number of thioether (sulfide) groups is 1. The summed E-state index contributed by atoms with van der Waals surface area (Å²) in [6.45, 7) is 4.43. The summed E-state index contributed by atoms with van der Waals surface area (Å²) in [5.74, 6) is 0.760. The van der Waals surface area contributed by atoms with Gasteiger partial charge in [-0.3, -0.25) is 4.79 Å². The van der Waals surface area contributed by atoms with Gasteiger partial charge in [-0.05, 0) is 36.6 Å². The van der Waals surface area contributed by atoms with Gasteiger partial charge in [0.15, 0.2) is 0 Å². The van der Waals surface area contributed by atoms with E-state index in [-0.39, 0.29) is 5.91 Å². The second kappa shape index (κ2) is 8.61. The average Bonchev–Trinajstić information content (AvgIpc) is 2.35. The molecular weight excluding hydrogens is 326 g/mol. The lowest BCUT2D eigenvalue weighted by Crippen LogP contribution is -2.33. The molecule has 19 heavy (non-hydrogen) atoms. The van der Waals surface area contributed by atoms with Crippen LogP contribution in [0.25, 0.3) is 0 Å². The van der Waals surface area contributed by atoms with E-state index in [1.165, 1.54) is 11.8 Å². The number of aliphatic hydroxyl groups is 1. The fraction of sp³-hybridized carbons (Fsp3) is 0.500. The molecule has 0 fully saturated rings. The molecule has 1 rings (SSSR count). The van der Waals surface area contributed by atoms with Crippen molar-refractivity contribution >= 4 is 33.6 Å². The van der Waals surface area contributed by atoms with Gasteiger partial charge in [0.2, 0.25) is 5.91 Å². The molecule has 1 unspecified atom stereocenters. The summed E-state index contributed by atoms with van der Waals surface area (Å²) in [7, 11) is 0. The van der Waals surface area contributed by atoms with Gasteiger partial charge in [0, 0.05) is 15.9 Å². The Hall–Kier alpha value is -0.520. The second-order valence-electron chi connectivity index (χ2n) is 4.83. The summed E-state index contributed by atoms with van der Waals surface area (Å²) in [5.41, 5.74) is 0. The Morgan fingerprint density at radius 3 is 2.58 bits per heavy atom. The van der Waals surface area contributed by atoms with Crippen molar-refractivity contribution in [1.82, 2.24) is 5.32 Å². The Balaban J connectivity index is 2.22. The minimum atomic E-state index is -0.457. The lowest BCUT2D eigenvalue weighted by Gasteiger charge is -2.13. The molecule has 0 saturated carbocycles. The zero-order valence-corrected chi connectivity index (χ0v) is 13.6. The van der Waals surface area contributed by atoms with Gasteiger partial charge in [0.05, 0.1) is 11.9 Å². The third kappa shape index (κ3) is 7.60. The number of hydrogen-bond acceptors (Lipinski definition) is 3. The van der Waals surface area contributed by atoms with Gasteiger partial charge in [-0.15, -0.1) is 11.8 Å². The highest BCUT2D eigenvalue weighted by Gasteiger charge is 2.09. The molecule has 0 heterocycles. The summed E-state index contributed by atoms with van der Waals surface area (Å²) in [4.78, 5) is 12.7. The lowest BCUT2D eigenvalue weighted by molar-refractivity contribution is -0.119. The first-order valence-corrected chi connectivity index (χ1v) is 8.08. The zero-order valence-electron chi connectivity index (χ0n) is 11.2. The van der Waals surface area contributed by atoms with Gasteiger partial charge in [-0.1, -0.05) is 29.8 Å². The van der Waals surface area contributed by atoms with Crippen molar-refractivity contribution in [2.24, 2.45) is 5.92 Å². The van der Waals surface area contributed by atoms with Crippen LogP contribution in [0, 0.1) is 5.92 Å². The maximum atomic E-state index is 11.6. The molecule has 1 aromatic rings. The minimum absolute atomic E-state index is 0.0456. The number of hydrogen-bond donors (Lipinski definition) is 2. The Labute approximate surface area is 127 Å². The van der Waals surface area contributed by atoms with E-state index in [9.17, 15) is 9.90 Å². The van der Waals surface area contributed by atoms with Crippen LogP contribution >= 0.6 is 27.7 Å². The quantitative estimate of drug-likeness (QED) is 0.746. The molecule has 2 N–H and O–H groups in total. The van der Waals surface area contributed by atoms with E-state index < -0.39 is 6.10 Å². The first kappa shape index (κ1) is 16.5. The molecular formula is C14H20BrNO2S. The Kier molecular flexibility index (Phi) is 7.49. The number of carbonyl (C=O) groups is 1. The van der Waals surface area contributed by atoms with Crippen molar-refractivity contribution < 1.29 is 9.90 Å². The Bertz CT molecular complexity index is 395. The van der Waals surface area contributed by atoms with Crippen molar-refractivity contribution in [2.75, 3.05) is 12.3 Å². The topological polar surface area (TPSA) is 49.3 Å². The number of carbonyl (C=O) groups excluding carboxylic acids is 1. The molecule has 0 aliphatic carbocycles. The van der Waals surface area contributed by atoms with Crippen LogP contribution in [0.2, 0.25) is 0 Å². The first-order chi connectivity index (χ1) is 8.97. The smallest absolute Gasteiger partial charge is 0.230 e. The molecule has 0 aromatic heterocycles. The fourth-order valence-corrected chi connectivity index (χ4v) is 2.58. The predicted molar refractivity (Wildman–Crippen MR) is 83.3 cm³/mol. The first-order valence-electron chi connectivity index (χ1n) is 6.30. The largest absolute Gasteiger partial charge is 0.391 e. The van der Waals surface area contributed by atoms with Gasteiger partial charge in [-0.2, -0.15) is 0 Å². The summed E-state index contributed by atoms with van der Waals surface area (Å²) in [6.07, 6.45) is 0.252. The summed E-state index contributed by atoms with van der Waals surface area (Å²) in [5, 5.41) is 12.4. The van der Waals surface area contributed by atoms with Crippen LogP contribution in [0.1, 0.15) is 20.3 Å². The molecule has 5 heteroatoms. The predicted octanol–water partition coefficient (Wildman–Crippen LogP) is 3.06. The molecule has 1 amide bonds. The Morgan fingerprint density at radius 2 is 2.00 bits per heavy atom. The van der Waals surface area contributed by atoms with Crippen LogP contribution in [0.15, 0.2) is 33.6 Å². The van der Waals surface area contributed by atoms with E-state index in [4.69, 9.17) is 0 Å². The molecule has 1 aromatic carbocycles. The number of aliphatic hydroxyl groups excluding tert-OH is 1. The number of amides is 1. The van der Waals surface area contributed by atoms with Crippen molar-refractivity contribution in [3.8, 4) is 0 Å². The zero-order chi connectivity index (χ0) is 14.3. The van der Waals surface area contributed by atoms with E-state index in [2.05, 4.69) is 35.1 Å². The van der Waals surface area contributed by atoms with Gasteiger partial charge >= 0.3 is 0 Å². The summed E-state index contributed by atoms with van der Waals surface area (Å²) >= 11 is 4.86. The number of halogens is 1. The molecule has 3 nitrogen and oxygen atoms in total. The van der Waals surface area contributed by atoms with Crippen molar-refractivity contribution in [3.05, 3.63) is 28.7 Å². The third-order valence-electron chi connectivity index (χ3n) is 2.46. The third-order valence-corrected chi connectivity index (χ3v) is 4.00. The van der Waals surface area contributed by atoms with Crippen LogP contribution < -0.4 is 5.32 Å². The van der Waals surface area contributed by atoms with Crippen LogP contribution in [-0.2, 0) is 4.79 Å². The summed E-state index contributed by atoms with van der Waals surface area (Å²) in [6, 6.07) is 7.84. The van der Waals surface area contributed by atoms with E-state index in [0.29, 0.717) is 24.6 Å². The van der Waals surface area contributed by atoms with E-state index in [1.54, 1.807) is 0 Å². The highest BCUT2D eigenvalue weighted by Crippen LogP contribution is 2.20. The van der Waals surface area contributed by atoms with E-state index in [1.807, 2.05) is 24.3 Å². The standard InChI is InChI=1S/C14H20BrNO2S/c1-10(2)7-12(17)8-16-14(18)9-19-13-5-3-11(15)4-6-13/h3-6,10,12,17H,7-9H2,1-2H3,(H,16,18). The van der Waals surface area contributed by atoms with Crippen LogP contribution in [0.3, 0.4) is 0 Å². The second-order valence-corrected chi connectivity index (χ2v) is 6.79. The fourth-order valence-electron chi connectivity index (χ4n) is 1.59. The molecule has 0 saturated heterocycles. The molecule has 0 bridgehead atoms. The van der Waals surface area contributed by atoms with Crippen LogP contribution in [0.4, 0.5) is 0 Å². The Morgan fingerprint density at radius 1 is 1.37 bits per heavy atom. The summed E-state index contributed by atoms with van der Waals surface area (Å²) < 4.78 is 1.03. The normalized spacial score (nSPS) is 12.5. The minimum Gasteiger partial charge on any atom is -0.391 e. The molecule has 106 valence electrons. The molecule has 0 aliphatic rings. The monoisotopic (exact) mass is 345 g/mol. The molecule has 0 spiro atoms. The van der Waals surface area contributed by atoms with Crippen molar-refractivity contribution in [2.45, 2.75) is 31.3 Å². The SMILES string of the molecule is CC(C)CC(O)CNC(=O)CSc1ccc(Br)cc1. The van der Waals surface area contributed by atoms with Crippen LogP contribution in [0.5, 0.6) is 0 Å². The van der Waals surface area contributed by atoms with Crippen LogP contribution in [-0.4, -0.2) is 29.4 Å². The highest BCUT2D eigenvalue weighted by molar-refractivity contribution is 9.10. The van der Waals surface area contributed by atoms with E-state index in [0.717, 1.165) is 9.37 Å². The van der Waals surface area contributed by atoms with Crippen molar-refractivity contribution in [3.63, 3.8) is 0 Å². The van der Waals surface area contributed by atoms with Gasteiger partial charge < -0.3 is 10.4 Å². The molecule has 0 radical (unpaired) electrons. The lowest BCUT2D eigenvalue weighted by atomic mass is 10.1. The average molecular weight is 346 g/mol. The maximum Gasteiger partial charge on any atom is 0.230 e. The number of rotatable bonds is 7. The van der Waals surface area contributed by atoms with Gasteiger partial charge in [0.1, 0.15) is 0 Å². The van der Waals surface area contributed by atoms with Crippen molar-refractivity contribution in [1.29, 1.82) is 0 Å². The molecule has 1 atom stereocenters. The number of benzene rings is 1. The number of nitrogens with one attached hydrogen (secondary N) is 1. The van der Waals surface area contributed by atoms with Gasteiger partial charge in [0.25, 0.3) is 0 Å². The van der Waals surface area contributed by atoms with E-state index >= 15 is 0 Å². The molecule has 0 aliphatic heterocycles. The van der Waals surface area contributed by atoms with Gasteiger partial charge in [-0.25, -0.2) is 0 Å². The maximum absolute atomic E-state index is 11.6. The highest BCUT2D eigenvalue weighted by atomic mass is 79.9.